The minimum atomic E-state index is -0.684. The van der Waals surface area contributed by atoms with Crippen molar-refractivity contribution in [1.29, 1.82) is 0 Å². The van der Waals surface area contributed by atoms with E-state index in [2.05, 4.69) is 12.2 Å². The van der Waals surface area contributed by atoms with Crippen LogP contribution in [0.3, 0.4) is 0 Å². The van der Waals surface area contributed by atoms with Crippen LogP contribution in [0.1, 0.15) is 58.3 Å². The van der Waals surface area contributed by atoms with Gasteiger partial charge in [0.05, 0.1) is 6.42 Å². The van der Waals surface area contributed by atoms with Crippen molar-refractivity contribution in [2.75, 3.05) is 0 Å². The summed E-state index contributed by atoms with van der Waals surface area (Å²) in [7, 11) is 0. The van der Waals surface area contributed by atoms with Crippen LogP contribution in [0.2, 0.25) is 0 Å². The molecule has 0 spiro atoms. The van der Waals surface area contributed by atoms with Gasteiger partial charge in [0.2, 0.25) is 0 Å². The van der Waals surface area contributed by atoms with Crippen LogP contribution in [0.4, 0.5) is 0 Å². The van der Waals surface area contributed by atoms with E-state index >= 15 is 0 Å². The molecule has 0 aromatic rings. The number of carboxylic acid groups (broad SMARTS) is 1. The Bertz CT molecular complexity index is 188. The second-order valence-electron chi connectivity index (χ2n) is 4.59. The molecule has 0 saturated heterocycles. The van der Waals surface area contributed by atoms with E-state index in [0.717, 1.165) is 12.8 Å². The van der Waals surface area contributed by atoms with Crippen LogP contribution in [0.25, 0.3) is 0 Å². The molecule has 0 heterocycles. The Labute approximate surface area is 92.3 Å². The third-order valence-electron chi connectivity index (χ3n) is 3.13. The molecule has 0 aromatic carbocycles. The molecule has 3 heteroatoms. The number of nitrogens with one attached hydrogen (secondary N) is 1. The maximum atomic E-state index is 10.7. The van der Waals surface area contributed by atoms with E-state index in [4.69, 9.17) is 5.11 Å². The number of aliphatic carboxylic acids is 1. The van der Waals surface area contributed by atoms with Crippen molar-refractivity contribution in [3.8, 4) is 0 Å². The molecule has 1 fully saturated rings. The van der Waals surface area contributed by atoms with E-state index in [9.17, 15) is 4.79 Å². The van der Waals surface area contributed by atoms with Crippen LogP contribution in [-0.2, 0) is 4.79 Å². The highest BCUT2D eigenvalue weighted by atomic mass is 16.4. The molecule has 0 bridgehead atoms. The molecular weight excluding hydrogens is 190 g/mol. The van der Waals surface area contributed by atoms with Crippen molar-refractivity contribution in [3.05, 3.63) is 0 Å². The molecule has 88 valence electrons. The van der Waals surface area contributed by atoms with E-state index < -0.39 is 5.97 Å². The molecule has 1 unspecified atom stereocenters. The average Bonchev–Trinajstić information content (AvgIpc) is 2.18. The molecule has 1 saturated carbocycles. The van der Waals surface area contributed by atoms with Crippen molar-refractivity contribution < 1.29 is 9.90 Å². The lowest BCUT2D eigenvalue weighted by Gasteiger charge is -2.27. The van der Waals surface area contributed by atoms with Gasteiger partial charge in [-0.05, 0) is 19.3 Å². The Kier molecular flexibility index (Phi) is 5.69. The number of carboxylic acids is 1. The van der Waals surface area contributed by atoms with Crippen LogP contribution in [0.5, 0.6) is 0 Å². The van der Waals surface area contributed by atoms with Crippen LogP contribution in [0.15, 0.2) is 0 Å². The fourth-order valence-corrected chi connectivity index (χ4v) is 2.41. The highest BCUT2D eigenvalue weighted by Crippen LogP contribution is 2.19. The van der Waals surface area contributed by atoms with Gasteiger partial charge < -0.3 is 10.4 Å². The molecule has 1 atom stereocenters. The highest BCUT2D eigenvalue weighted by molar-refractivity contribution is 5.67. The Morgan fingerprint density at radius 1 is 1.40 bits per heavy atom. The lowest BCUT2D eigenvalue weighted by Crippen LogP contribution is -2.40. The molecule has 1 aliphatic rings. The largest absolute Gasteiger partial charge is 0.481 e. The first-order chi connectivity index (χ1) is 7.22. The first-order valence-corrected chi connectivity index (χ1v) is 6.20. The molecule has 0 aliphatic heterocycles. The van der Waals surface area contributed by atoms with Crippen molar-refractivity contribution in [3.63, 3.8) is 0 Å². The quantitative estimate of drug-likeness (QED) is 0.713. The fourth-order valence-electron chi connectivity index (χ4n) is 2.41. The van der Waals surface area contributed by atoms with E-state index in [-0.39, 0.29) is 12.5 Å². The van der Waals surface area contributed by atoms with Crippen LogP contribution >= 0.6 is 0 Å². The SMILES string of the molecule is CCCC(CC(=O)O)NC1CCCCC1. The minimum Gasteiger partial charge on any atom is -0.481 e. The summed E-state index contributed by atoms with van der Waals surface area (Å²) in [5.74, 6) is -0.684. The molecule has 1 aliphatic carbocycles. The number of carbonyl (C=O) groups is 1. The summed E-state index contributed by atoms with van der Waals surface area (Å²) in [5, 5.41) is 12.3. The van der Waals surface area contributed by atoms with Crippen molar-refractivity contribution in [2.45, 2.75) is 70.4 Å². The van der Waals surface area contributed by atoms with Gasteiger partial charge in [0, 0.05) is 12.1 Å². The third kappa shape index (κ3) is 5.17. The molecule has 0 radical (unpaired) electrons. The van der Waals surface area contributed by atoms with Crippen LogP contribution < -0.4 is 5.32 Å². The zero-order chi connectivity index (χ0) is 11.1. The zero-order valence-corrected chi connectivity index (χ0v) is 9.67. The second kappa shape index (κ2) is 6.83. The maximum absolute atomic E-state index is 10.7. The highest BCUT2D eigenvalue weighted by Gasteiger charge is 2.19. The van der Waals surface area contributed by atoms with Gasteiger partial charge in [-0.2, -0.15) is 0 Å². The predicted molar refractivity (Wildman–Crippen MR) is 61.0 cm³/mol. The number of hydrogen-bond acceptors (Lipinski definition) is 2. The Morgan fingerprint density at radius 2 is 2.07 bits per heavy atom. The first-order valence-electron chi connectivity index (χ1n) is 6.20. The molecule has 0 amide bonds. The summed E-state index contributed by atoms with van der Waals surface area (Å²) in [5.41, 5.74) is 0. The smallest absolute Gasteiger partial charge is 0.304 e. The van der Waals surface area contributed by atoms with Gasteiger partial charge in [-0.25, -0.2) is 0 Å². The number of rotatable bonds is 6. The Morgan fingerprint density at radius 3 is 2.60 bits per heavy atom. The minimum absolute atomic E-state index is 0.176. The van der Waals surface area contributed by atoms with Gasteiger partial charge in [-0.15, -0.1) is 0 Å². The molecule has 0 aromatic heterocycles. The number of hydrogen-bond donors (Lipinski definition) is 2. The van der Waals surface area contributed by atoms with E-state index in [1.165, 1.54) is 32.1 Å². The fraction of sp³-hybridized carbons (Fsp3) is 0.917. The third-order valence-corrected chi connectivity index (χ3v) is 3.13. The van der Waals surface area contributed by atoms with E-state index in [1.54, 1.807) is 0 Å². The summed E-state index contributed by atoms with van der Waals surface area (Å²) < 4.78 is 0. The van der Waals surface area contributed by atoms with E-state index in [0.29, 0.717) is 6.04 Å². The van der Waals surface area contributed by atoms with Gasteiger partial charge in [-0.3, -0.25) is 4.79 Å². The maximum Gasteiger partial charge on any atom is 0.304 e. The topological polar surface area (TPSA) is 49.3 Å². The summed E-state index contributed by atoms with van der Waals surface area (Å²) >= 11 is 0. The summed E-state index contributed by atoms with van der Waals surface area (Å²) in [6, 6.07) is 0.741. The van der Waals surface area contributed by atoms with Crippen molar-refractivity contribution in [2.24, 2.45) is 0 Å². The average molecular weight is 213 g/mol. The first kappa shape index (κ1) is 12.5. The van der Waals surface area contributed by atoms with Gasteiger partial charge in [0.15, 0.2) is 0 Å². The van der Waals surface area contributed by atoms with Gasteiger partial charge in [-0.1, -0.05) is 32.6 Å². The van der Waals surface area contributed by atoms with Gasteiger partial charge >= 0.3 is 5.97 Å². The molecule has 15 heavy (non-hydrogen) atoms. The van der Waals surface area contributed by atoms with Crippen LogP contribution in [0, 0.1) is 0 Å². The van der Waals surface area contributed by atoms with Crippen molar-refractivity contribution in [1.82, 2.24) is 5.32 Å². The summed E-state index contributed by atoms with van der Waals surface area (Å²) in [4.78, 5) is 10.7. The molecule has 2 N–H and O–H groups in total. The van der Waals surface area contributed by atoms with Gasteiger partial charge in [0.25, 0.3) is 0 Å². The molecular formula is C12H23NO2. The molecule has 3 nitrogen and oxygen atoms in total. The lowest BCUT2D eigenvalue weighted by molar-refractivity contribution is -0.137. The zero-order valence-electron chi connectivity index (χ0n) is 9.67. The normalized spacial score (nSPS) is 20.1. The second-order valence-corrected chi connectivity index (χ2v) is 4.59. The lowest BCUT2D eigenvalue weighted by atomic mass is 9.94. The standard InChI is InChI=1S/C12H23NO2/c1-2-6-11(9-12(14)15)13-10-7-4-3-5-8-10/h10-11,13H,2-9H2,1H3,(H,14,15). The van der Waals surface area contributed by atoms with Crippen molar-refractivity contribution >= 4 is 5.97 Å². The van der Waals surface area contributed by atoms with Crippen LogP contribution in [-0.4, -0.2) is 23.2 Å². The Balaban J connectivity index is 2.31. The van der Waals surface area contributed by atoms with E-state index in [1.807, 2.05) is 0 Å². The predicted octanol–water partition coefficient (Wildman–Crippen LogP) is 2.55. The summed E-state index contributed by atoms with van der Waals surface area (Å²) in [6.07, 6.45) is 8.67. The Hall–Kier alpha value is -0.570. The molecule has 1 rings (SSSR count). The summed E-state index contributed by atoms with van der Waals surface area (Å²) in [6.45, 7) is 2.11. The van der Waals surface area contributed by atoms with Gasteiger partial charge in [0.1, 0.15) is 0 Å². The monoisotopic (exact) mass is 213 g/mol.